The van der Waals surface area contributed by atoms with Gasteiger partial charge in [0.25, 0.3) is 0 Å². The van der Waals surface area contributed by atoms with E-state index in [-0.39, 0.29) is 5.91 Å². The minimum absolute atomic E-state index is 0.147. The minimum atomic E-state index is 0.147. The largest absolute Gasteiger partial charge is 0.493 e. The summed E-state index contributed by atoms with van der Waals surface area (Å²) in [7, 11) is 0. The van der Waals surface area contributed by atoms with E-state index in [9.17, 15) is 4.79 Å². The van der Waals surface area contributed by atoms with Crippen LogP contribution >= 0.6 is 11.3 Å². The standard InChI is InChI=1S/C22H26N4O2S/c1-3-18-15-19-21(23-16(2)24-22(19)29-18)26-12-10-25(11-13-26)20(27)9-14-28-17-7-5-4-6-8-17/h4-8,15H,3,9-14H2,1-2H3. The van der Waals surface area contributed by atoms with Crippen molar-refractivity contribution in [2.75, 3.05) is 37.7 Å². The van der Waals surface area contributed by atoms with E-state index in [1.807, 2.05) is 42.2 Å². The Labute approximate surface area is 175 Å². The lowest BCUT2D eigenvalue weighted by molar-refractivity contribution is -0.132. The zero-order chi connectivity index (χ0) is 20.2. The first-order chi connectivity index (χ1) is 14.1. The smallest absolute Gasteiger partial charge is 0.226 e. The molecule has 29 heavy (non-hydrogen) atoms. The van der Waals surface area contributed by atoms with Crippen molar-refractivity contribution in [2.24, 2.45) is 0 Å². The molecule has 3 heterocycles. The second-order valence-corrected chi connectivity index (χ2v) is 8.27. The number of piperazine rings is 1. The van der Waals surface area contributed by atoms with Gasteiger partial charge in [-0.3, -0.25) is 4.79 Å². The molecule has 0 bridgehead atoms. The van der Waals surface area contributed by atoms with Crippen LogP contribution in [0, 0.1) is 6.92 Å². The van der Waals surface area contributed by atoms with Gasteiger partial charge in [-0.15, -0.1) is 11.3 Å². The highest BCUT2D eigenvalue weighted by molar-refractivity contribution is 7.18. The van der Waals surface area contributed by atoms with Gasteiger partial charge in [-0.1, -0.05) is 25.1 Å². The molecule has 0 unspecified atom stereocenters. The number of thiophene rings is 1. The van der Waals surface area contributed by atoms with Crippen LogP contribution in [-0.2, 0) is 11.2 Å². The number of carbonyl (C=O) groups is 1. The van der Waals surface area contributed by atoms with Crippen molar-refractivity contribution in [3.63, 3.8) is 0 Å². The maximum atomic E-state index is 12.5. The number of fused-ring (bicyclic) bond motifs is 1. The molecule has 152 valence electrons. The Kier molecular flexibility index (Phi) is 5.94. The third-order valence-electron chi connectivity index (χ3n) is 5.14. The number of anilines is 1. The van der Waals surface area contributed by atoms with Crippen molar-refractivity contribution < 1.29 is 9.53 Å². The third-order valence-corrected chi connectivity index (χ3v) is 6.32. The fourth-order valence-corrected chi connectivity index (χ4v) is 4.58. The van der Waals surface area contributed by atoms with E-state index in [0.29, 0.717) is 26.1 Å². The Balaban J connectivity index is 1.35. The molecule has 0 radical (unpaired) electrons. The number of aromatic nitrogens is 2. The number of amides is 1. The van der Waals surface area contributed by atoms with Gasteiger partial charge in [0.2, 0.25) is 5.91 Å². The van der Waals surface area contributed by atoms with Gasteiger partial charge in [-0.05, 0) is 31.5 Å². The quantitative estimate of drug-likeness (QED) is 0.620. The Bertz CT molecular complexity index is 981. The molecule has 4 rings (SSSR count). The summed E-state index contributed by atoms with van der Waals surface area (Å²) >= 11 is 1.75. The van der Waals surface area contributed by atoms with Crippen molar-refractivity contribution in [3.05, 3.63) is 47.1 Å². The highest BCUT2D eigenvalue weighted by atomic mass is 32.1. The molecule has 0 N–H and O–H groups in total. The molecular formula is C22H26N4O2S. The molecule has 6 nitrogen and oxygen atoms in total. The van der Waals surface area contributed by atoms with E-state index in [1.165, 1.54) is 4.88 Å². The SMILES string of the molecule is CCc1cc2c(N3CCN(C(=O)CCOc4ccccc4)CC3)nc(C)nc2s1. The van der Waals surface area contributed by atoms with Gasteiger partial charge in [0, 0.05) is 31.1 Å². The van der Waals surface area contributed by atoms with Crippen LogP contribution in [0.15, 0.2) is 36.4 Å². The fourth-order valence-electron chi connectivity index (χ4n) is 3.57. The maximum absolute atomic E-state index is 12.5. The predicted octanol–water partition coefficient (Wildman–Crippen LogP) is 3.68. The van der Waals surface area contributed by atoms with Crippen LogP contribution in [0.25, 0.3) is 10.2 Å². The number of nitrogens with zero attached hydrogens (tertiary/aromatic N) is 4. The molecule has 1 aromatic carbocycles. The van der Waals surface area contributed by atoms with Crippen LogP contribution in [0.4, 0.5) is 5.82 Å². The number of hydrogen-bond donors (Lipinski definition) is 0. The van der Waals surface area contributed by atoms with E-state index in [0.717, 1.165) is 47.1 Å². The highest BCUT2D eigenvalue weighted by Gasteiger charge is 2.24. The van der Waals surface area contributed by atoms with Crippen LogP contribution in [0.2, 0.25) is 0 Å². The summed E-state index contributed by atoms with van der Waals surface area (Å²) in [6.07, 6.45) is 1.41. The molecule has 7 heteroatoms. The average Bonchev–Trinajstić information content (AvgIpc) is 3.17. The predicted molar refractivity (Wildman–Crippen MR) is 117 cm³/mol. The van der Waals surface area contributed by atoms with Crippen LogP contribution < -0.4 is 9.64 Å². The molecule has 2 aromatic heterocycles. The summed E-state index contributed by atoms with van der Waals surface area (Å²) < 4.78 is 5.66. The van der Waals surface area contributed by atoms with Crippen molar-refractivity contribution in [3.8, 4) is 5.75 Å². The molecular weight excluding hydrogens is 384 g/mol. The van der Waals surface area contributed by atoms with E-state index < -0.39 is 0 Å². The first kappa shape index (κ1) is 19.6. The van der Waals surface area contributed by atoms with Gasteiger partial charge in [-0.2, -0.15) is 0 Å². The van der Waals surface area contributed by atoms with Gasteiger partial charge in [0.15, 0.2) is 0 Å². The molecule has 1 aliphatic rings. The fraction of sp³-hybridized carbons (Fsp3) is 0.409. The first-order valence-corrected chi connectivity index (χ1v) is 10.9. The van der Waals surface area contributed by atoms with Crippen molar-refractivity contribution in [1.82, 2.24) is 14.9 Å². The summed E-state index contributed by atoms with van der Waals surface area (Å²) in [5.74, 6) is 2.75. The molecule has 0 saturated carbocycles. The van der Waals surface area contributed by atoms with Gasteiger partial charge in [-0.25, -0.2) is 9.97 Å². The average molecular weight is 411 g/mol. The lowest BCUT2D eigenvalue weighted by Crippen LogP contribution is -2.49. The molecule has 0 atom stereocenters. The number of aryl methyl sites for hydroxylation is 2. The lowest BCUT2D eigenvalue weighted by atomic mass is 10.2. The Hall–Kier alpha value is -2.67. The van der Waals surface area contributed by atoms with Gasteiger partial charge in [0.05, 0.1) is 18.4 Å². The van der Waals surface area contributed by atoms with E-state index >= 15 is 0 Å². The van der Waals surface area contributed by atoms with Crippen LogP contribution in [0.3, 0.4) is 0 Å². The first-order valence-electron chi connectivity index (χ1n) is 10.1. The van der Waals surface area contributed by atoms with E-state index in [2.05, 4.69) is 22.9 Å². The molecule has 0 spiro atoms. The van der Waals surface area contributed by atoms with Crippen LogP contribution in [0.1, 0.15) is 24.0 Å². The number of para-hydroxylation sites is 1. The highest BCUT2D eigenvalue weighted by Crippen LogP contribution is 2.31. The second kappa shape index (κ2) is 8.78. The normalized spacial score (nSPS) is 14.4. The monoisotopic (exact) mass is 410 g/mol. The van der Waals surface area contributed by atoms with Gasteiger partial charge >= 0.3 is 0 Å². The Morgan fingerprint density at radius 2 is 1.90 bits per heavy atom. The zero-order valence-corrected chi connectivity index (χ0v) is 17.7. The third kappa shape index (κ3) is 4.50. The van der Waals surface area contributed by atoms with Crippen molar-refractivity contribution in [1.29, 1.82) is 0 Å². The van der Waals surface area contributed by atoms with Gasteiger partial charge in [0.1, 0.15) is 22.2 Å². The molecule has 3 aromatic rings. The Morgan fingerprint density at radius 1 is 1.14 bits per heavy atom. The topological polar surface area (TPSA) is 58.6 Å². The summed E-state index contributed by atoms with van der Waals surface area (Å²) in [5, 5.41) is 1.13. The second-order valence-electron chi connectivity index (χ2n) is 7.16. The van der Waals surface area contributed by atoms with Crippen LogP contribution in [0.5, 0.6) is 5.75 Å². The maximum Gasteiger partial charge on any atom is 0.226 e. The molecule has 1 amide bonds. The van der Waals surface area contributed by atoms with Crippen LogP contribution in [-0.4, -0.2) is 53.6 Å². The number of carbonyl (C=O) groups excluding carboxylic acids is 1. The number of benzene rings is 1. The zero-order valence-electron chi connectivity index (χ0n) is 16.9. The molecule has 1 aliphatic heterocycles. The number of hydrogen-bond acceptors (Lipinski definition) is 6. The lowest BCUT2D eigenvalue weighted by Gasteiger charge is -2.35. The summed E-state index contributed by atoms with van der Waals surface area (Å²) in [6, 6.07) is 11.8. The Morgan fingerprint density at radius 3 is 2.62 bits per heavy atom. The van der Waals surface area contributed by atoms with E-state index in [4.69, 9.17) is 9.72 Å². The van der Waals surface area contributed by atoms with Crippen molar-refractivity contribution >= 4 is 33.3 Å². The summed E-state index contributed by atoms with van der Waals surface area (Å²) in [5.41, 5.74) is 0. The van der Waals surface area contributed by atoms with E-state index in [1.54, 1.807) is 11.3 Å². The molecule has 0 aliphatic carbocycles. The summed E-state index contributed by atoms with van der Waals surface area (Å²) in [4.78, 5) is 28.5. The van der Waals surface area contributed by atoms with Crippen molar-refractivity contribution in [2.45, 2.75) is 26.7 Å². The summed E-state index contributed by atoms with van der Waals surface area (Å²) in [6.45, 7) is 7.50. The molecule has 1 saturated heterocycles. The van der Waals surface area contributed by atoms with Gasteiger partial charge < -0.3 is 14.5 Å². The minimum Gasteiger partial charge on any atom is -0.493 e. The number of ether oxygens (including phenoxy) is 1. The number of rotatable bonds is 6. The molecule has 1 fully saturated rings.